The van der Waals surface area contributed by atoms with Gasteiger partial charge in [0.05, 0.1) is 16.3 Å². The molecule has 1 aromatic carbocycles. The molecule has 0 fully saturated rings. The zero-order chi connectivity index (χ0) is 14.0. The van der Waals surface area contributed by atoms with E-state index in [-0.39, 0.29) is 16.5 Å². The van der Waals surface area contributed by atoms with Crippen LogP contribution in [0, 0.1) is 12.7 Å². The number of nitrogens with one attached hydrogen (secondary N) is 1. The van der Waals surface area contributed by atoms with Crippen LogP contribution < -0.4 is 5.32 Å². The number of hydrogen-bond donors (Lipinski definition) is 2. The molecule has 1 heterocycles. The molecule has 0 saturated heterocycles. The molecule has 0 spiro atoms. The Hall–Kier alpha value is -2.21. The number of carboxylic acids is 1. The van der Waals surface area contributed by atoms with Crippen molar-refractivity contribution in [1.29, 1.82) is 0 Å². The van der Waals surface area contributed by atoms with Gasteiger partial charge in [-0.1, -0.05) is 11.6 Å². The lowest BCUT2D eigenvalue weighted by Gasteiger charge is -2.07. The summed E-state index contributed by atoms with van der Waals surface area (Å²) in [5, 5.41) is 11.6. The molecule has 98 valence electrons. The highest BCUT2D eigenvalue weighted by Gasteiger charge is 2.10. The molecule has 0 atom stereocenters. The topological polar surface area (TPSA) is 75.1 Å². The lowest BCUT2D eigenvalue weighted by molar-refractivity contribution is 0.0695. The van der Waals surface area contributed by atoms with Crippen molar-refractivity contribution in [2.24, 2.45) is 0 Å². The minimum absolute atomic E-state index is 0.0175. The van der Waals surface area contributed by atoms with E-state index in [1.165, 1.54) is 18.3 Å². The van der Waals surface area contributed by atoms with Crippen LogP contribution >= 0.6 is 11.6 Å². The Balaban J connectivity index is 2.26. The molecule has 0 bridgehead atoms. The van der Waals surface area contributed by atoms with E-state index in [0.29, 0.717) is 11.4 Å². The standard InChI is InChI=1S/C12H9ClFN3O2/c1-6-8(11(18)19)5-15-12(16-6)17-7-2-3-9(13)10(14)4-7/h2-5H,1H3,(H,18,19)(H,15,16,17). The fourth-order valence-corrected chi connectivity index (χ4v) is 1.56. The number of rotatable bonds is 3. The van der Waals surface area contributed by atoms with E-state index < -0.39 is 11.8 Å². The van der Waals surface area contributed by atoms with E-state index in [2.05, 4.69) is 15.3 Å². The summed E-state index contributed by atoms with van der Waals surface area (Å²) < 4.78 is 13.2. The number of benzene rings is 1. The quantitative estimate of drug-likeness (QED) is 0.904. The molecule has 0 radical (unpaired) electrons. The first-order chi connectivity index (χ1) is 8.97. The average Bonchev–Trinajstić information content (AvgIpc) is 2.33. The third kappa shape index (κ3) is 2.97. The van der Waals surface area contributed by atoms with E-state index >= 15 is 0 Å². The van der Waals surface area contributed by atoms with Gasteiger partial charge >= 0.3 is 5.97 Å². The monoisotopic (exact) mass is 281 g/mol. The molecular formula is C12H9ClFN3O2. The van der Waals surface area contributed by atoms with Gasteiger partial charge in [0, 0.05) is 11.9 Å². The molecule has 5 nitrogen and oxygen atoms in total. The van der Waals surface area contributed by atoms with Crippen LogP contribution in [0.15, 0.2) is 24.4 Å². The maximum Gasteiger partial charge on any atom is 0.339 e. The summed E-state index contributed by atoms with van der Waals surface area (Å²) in [7, 11) is 0. The van der Waals surface area contributed by atoms with E-state index in [1.807, 2.05) is 0 Å². The number of aryl methyl sites for hydroxylation is 1. The number of carbonyl (C=O) groups is 1. The summed E-state index contributed by atoms with van der Waals surface area (Å²) in [5.41, 5.74) is 0.761. The molecule has 0 unspecified atom stereocenters. The summed E-state index contributed by atoms with van der Waals surface area (Å²) in [5.74, 6) is -1.48. The molecule has 0 amide bonds. The molecule has 2 N–H and O–H groups in total. The normalized spacial score (nSPS) is 10.3. The number of halogens is 2. The smallest absolute Gasteiger partial charge is 0.339 e. The van der Waals surface area contributed by atoms with E-state index in [9.17, 15) is 9.18 Å². The van der Waals surface area contributed by atoms with Crippen molar-refractivity contribution in [2.75, 3.05) is 5.32 Å². The molecule has 0 aliphatic rings. The second kappa shape index (κ2) is 5.19. The fourth-order valence-electron chi connectivity index (χ4n) is 1.44. The molecule has 0 aliphatic heterocycles. The molecule has 7 heteroatoms. The Labute approximate surface area is 113 Å². The summed E-state index contributed by atoms with van der Waals surface area (Å²) in [6.07, 6.45) is 1.19. The molecule has 1 aromatic heterocycles. The second-order valence-corrected chi connectivity index (χ2v) is 4.16. The Morgan fingerprint density at radius 1 is 1.47 bits per heavy atom. The van der Waals surface area contributed by atoms with Crippen LogP contribution in [-0.2, 0) is 0 Å². The minimum Gasteiger partial charge on any atom is -0.478 e. The first-order valence-corrected chi connectivity index (χ1v) is 5.64. The van der Waals surface area contributed by atoms with Gasteiger partial charge < -0.3 is 10.4 Å². The molecule has 2 aromatic rings. The number of aromatic nitrogens is 2. The highest BCUT2D eigenvalue weighted by molar-refractivity contribution is 6.30. The van der Waals surface area contributed by atoms with Crippen LogP contribution in [0.1, 0.15) is 16.1 Å². The van der Waals surface area contributed by atoms with Crippen LogP contribution in [0.2, 0.25) is 5.02 Å². The van der Waals surface area contributed by atoms with E-state index in [4.69, 9.17) is 16.7 Å². The van der Waals surface area contributed by atoms with Crippen LogP contribution in [0.3, 0.4) is 0 Å². The first kappa shape index (κ1) is 13.2. The van der Waals surface area contributed by atoms with Crippen molar-refractivity contribution in [1.82, 2.24) is 9.97 Å². The minimum atomic E-state index is -1.10. The lowest BCUT2D eigenvalue weighted by atomic mass is 10.2. The van der Waals surface area contributed by atoms with Crippen LogP contribution in [0.4, 0.5) is 16.0 Å². The van der Waals surface area contributed by atoms with Crippen LogP contribution in [-0.4, -0.2) is 21.0 Å². The van der Waals surface area contributed by atoms with Crippen molar-refractivity contribution < 1.29 is 14.3 Å². The molecule has 2 rings (SSSR count). The number of aromatic carboxylic acids is 1. The largest absolute Gasteiger partial charge is 0.478 e. The number of nitrogens with zero attached hydrogens (tertiary/aromatic N) is 2. The van der Waals surface area contributed by atoms with Crippen molar-refractivity contribution >= 4 is 29.2 Å². The van der Waals surface area contributed by atoms with Gasteiger partial charge in [0.15, 0.2) is 0 Å². The zero-order valence-corrected chi connectivity index (χ0v) is 10.6. The number of anilines is 2. The molecule has 0 saturated carbocycles. The predicted octanol–water partition coefficient (Wildman–Crippen LogP) is 3.02. The molecular weight excluding hydrogens is 273 g/mol. The van der Waals surface area contributed by atoms with Crippen LogP contribution in [0.25, 0.3) is 0 Å². The Morgan fingerprint density at radius 3 is 2.79 bits per heavy atom. The summed E-state index contributed by atoms with van der Waals surface area (Å²) in [4.78, 5) is 18.6. The summed E-state index contributed by atoms with van der Waals surface area (Å²) in [6.45, 7) is 1.55. The Kier molecular flexibility index (Phi) is 3.62. The van der Waals surface area contributed by atoms with Gasteiger partial charge in [-0.2, -0.15) is 0 Å². The van der Waals surface area contributed by atoms with Gasteiger partial charge in [0.25, 0.3) is 0 Å². The highest BCUT2D eigenvalue weighted by atomic mass is 35.5. The number of hydrogen-bond acceptors (Lipinski definition) is 4. The van der Waals surface area contributed by atoms with E-state index in [1.54, 1.807) is 13.0 Å². The summed E-state index contributed by atoms with van der Waals surface area (Å²) >= 11 is 5.57. The van der Waals surface area contributed by atoms with Gasteiger partial charge in [-0.15, -0.1) is 0 Å². The van der Waals surface area contributed by atoms with Crippen LogP contribution in [0.5, 0.6) is 0 Å². The zero-order valence-electron chi connectivity index (χ0n) is 9.82. The third-order valence-corrected chi connectivity index (χ3v) is 2.69. The predicted molar refractivity (Wildman–Crippen MR) is 68.4 cm³/mol. The van der Waals surface area contributed by atoms with Crippen molar-refractivity contribution in [3.8, 4) is 0 Å². The van der Waals surface area contributed by atoms with Gasteiger partial charge in [0.1, 0.15) is 5.82 Å². The SMILES string of the molecule is Cc1nc(Nc2ccc(Cl)c(F)c2)ncc1C(=O)O. The molecule has 19 heavy (non-hydrogen) atoms. The maximum absolute atomic E-state index is 13.2. The second-order valence-electron chi connectivity index (χ2n) is 3.75. The van der Waals surface area contributed by atoms with E-state index in [0.717, 1.165) is 0 Å². The van der Waals surface area contributed by atoms with Crippen molar-refractivity contribution in [3.05, 3.63) is 46.5 Å². The molecule has 0 aliphatic carbocycles. The van der Waals surface area contributed by atoms with Crippen molar-refractivity contribution in [2.45, 2.75) is 6.92 Å². The van der Waals surface area contributed by atoms with Gasteiger partial charge in [-0.3, -0.25) is 0 Å². The maximum atomic E-state index is 13.2. The lowest BCUT2D eigenvalue weighted by Crippen LogP contribution is -2.06. The highest BCUT2D eigenvalue weighted by Crippen LogP contribution is 2.20. The third-order valence-electron chi connectivity index (χ3n) is 2.39. The fraction of sp³-hybridized carbons (Fsp3) is 0.0833. The Morgan fingerprint density at radius 2 is 2.21 bits per heavy atom. The Bertz CT molecular complexity index is 649. The van der Waals surface area contributed by atoms with Gasteiger partial charge in [-0.05, 0) is 25.1 Å². The number of carboxylic acid groups (broad SMARTS) is 1. The first-order valence-electron chi connectivity index (χ1n) is 5.26. The van der Waals surface area contributed by atoms with Crippen molar-refractivity contribution in [3.63, 3.8) is 0 Å². The average molecular weight is 282 g/mol. The van der Waals surface area contributed by atoms with Gasteiger partial charge in [-0.25, -0.2) is 19.2 Å². The van der Waals surface area contributed by atoms with Gasteiger partial charge in [0.2, 0.25) is 5.95 Å². The summed E-state index contributed by atoms with van der Waals surface area (Å²) in [6, 6.07) is 4.17.